The molecule has 1 saturated heterocycles. The van der Waals surface area contributed by atoms with Crippen LogP contribution in [0.4, 0.5) is 0 Å². The van der Waals surface area contributed by atoms with Crippen molar-refractivity contribution in [1.82, 2.24) is 10.2 Å². The fourth-order valence-corrected chi connectivity index (χ4v) is 2.44. The summed E-state index contributed by atoms with van der Waals surface area (Å²) >= 11 is 1.91. The first-order valence-corrected chi connectivity index (χ1v) is 7.71. The molecule has 0 saturated carbocycles. The van der Waals surface area contributed by atoms with Gasteiger partial charge in [0.2, 0.25) is 5.91 Å². The molecule has 94 valence electrons. The molecule has 3 nitrogen and oxygen atoms in total. The fraction of sp³-hybridized carbons (Fsp3) is 0.917. The smallest absolute Gasteiger partial charge is 0.236 e. The molecule has 0 aromatic heterocycles. The topological polar surface area (TPSA) is 32.3 Å². The van der Waals surface area contributed by atoms with Crippen molar-refractivity contribution < 1.29 is 4.79 Å². The predicted octanol–water partition coefficient (Wildman–Crippen LogP) is 1.73. The third kappa shape index (κ3) is 5.75. The van der Waals surface area contributed by atoms with Gasteiger partial charge in [-0.2, -0.15) is 11.8 Å². The summed E-state index contributed by atoms with van der Waals surface area (Å²) in [5, 5.41) is 3.24. The van der Waals surface area contributed by atoms with Crippen LogP contribution in [-0.4, -0.2) is 49.0 Å². The largest absolute Gasteiger partial charge is 0.342 e. The standard InChI is InChI=1S/C12H24N2OS/c1-16-10-6-2-3-7-13-11-12(15)14-8-4-5-9-14/h13H,2-11H2,1H3. The lowest BCUT2D eigenvalue weighted by molar-refractivity contribution is -0.129. The van der Waals surface area contributed by atoms with Gasteiger partial charge in [0, 0.05) is 13.1 Å². The summed E-state index contributed by atoms with van der Waals surface area (Å²) in [5.74, 6) is 1.54. The zero-order valence-corrected chi connectivity index (χ0v) is 11.2. The number of hydrogen-bond donors (Lipinski definition) is 1. The third-order valence-corrected chi connectivity index (χ3v) is 3.63. The van der Waals surface area contributed by atoms with Crippen molar-refractivity contribution in [1.29, 1.82) is 0 Å². The second-order valence-corrected chi connectivity index (χ2v) is 5.30. The molecule has 0 spiro atoms. The van der Waals surface area contributed by atoms with E-state index in [2.05, 4.69) is 11.6 Å². The average Bonchev–Trinajstić information content (AvgIpc) is 2.81. The minimum absolute atomic E-state index is 0.279. The molecule has 1 N–H and O–H groups in total. The van der Waals surface area contributed by atoms with Gasteiger partial charge in [-0.25, -0.2) is 0 Å². The van der Waals surface area contributed by atoms with Crippen LogP contribution >= 0.6 is 11.8 Å². The van der Waals surface area contributed by atoms with Gasteiger partial charge in [0.05, 0.1) is 6.54 Å². The molecule has 0 atom stereocenters. The molecule has 1 aliphatic rings. The molecule has 0 unspecified atom stereocenters. The Bertz CT molecular complexity index is 193. The van der Waals surface area contributed by atoms with Gasteiger partial charge in [-0.3, -0.25) is 4.79 Å². The van der Waals surface area contributed by atoms with E-state index in [0.29, 0.717) is 6.54 Å². The van der Waals surface area contributed by atoms with Crippen LogP contribution in [-0.2, 0) is 4.79 Å². The molecule has 16 heavy (non-hydrogen) atoms. The maximum atomic E-state index is 11.6. The number of carbonyl (C=O) groups excluding carboxylic acids is 1. The Morgan fingerprint density at radius 3 is 2.69 bits per heavy atom. The quantitative estimate of drug-likeness (QED) is 0.660. The van der Waals surface area contributed by atoms with E-state index < -0.39 is 0 Å². The maximum absolute atomic E-state index is 11.6. The van der Waals surface area contributed by atoms with Crippen LogP contribution in [0.3, 0.4) is 0 Å². The molecule has 1 heterocycles. The van der Waals surface area contributed by atoms with E-state index in [9.17, 15) is 4.79 Å². The molecular weight excluding hydrogens is 220 g/mol. The lowest BCUT2D eigenvalue weighted by Crippen LogP contribution is -2.36. The van der Waals surface area contributed by atoms with E-state index in [-0.39, 0.29) is 5.91 Å². The van der Waals surface area contributed by atoms with Gasteiger partial charge in [0.15, 0.2) is 0 Å². The molecule has 1 rings (SSSR count). The normalized spacial score (nSPS) is 15.7. The first kappa shape index (κ1) is 13.8. The Labute approximate surface area is 103 Å². The van der Waals surface area contributed by atoms with Crippen LogP contribution in [0.2, 0.25) is 0 Å². The van der Waals surface area contributed by atoms with E-state index in [0.717, 1.165) is 19.6 Å². The number of unbranched alkanes of at least 4 members (excludes halogenated alkanes) is 2. The van der Waals surface area contributed by atoms with Crippen LogP contribution in [0.1, 0.15) is 32.1 Å². The molecule has 0 aromatic carbocycles. The Morgan fingerprint density at radius 2 is 2.00 bits per heavy atom. The molecular formula is C12H24N2OS. The maximum Gasteiger partial charge on any atom is 0.236 e. The Kier molecular flexibility index (Phi) is 7.68. The lowest BCUT2D eigenvalue weighted by atomic mass is 10.2. The highest BCUT2D eigenvalue weighted by atomic mass is 32.2. The summed E-state index contributed by atoms with van der Waals surface area (Å²) in [6.45, 7) is 3.44. The number of likely N-dealkylation sites (tertiary alicyclic amines) is 1. The monoisotopic (exact) mass is 244 g/mol. The van der Waals surface area contributed by atoms with Gasteiger partial charge in [-0.15, -0.1) is 0 Å². The van der Waals surface area contributed by atoms with Gasteiger partial charge in [0.1, 0.15) is 0 Å². The average molecular weight is 244 g/mol. The molecule has 0 radical (unpaired) electrons. The molecule has 0 bridgehead atoms. The number of rotatable bonds is 8. The van der Waals surface area contributed by atoms with Crippen LogP contribution in [0, 0.1) is 0 Å². The first-order valence-electron chi connectivity index (χ1n) is 6.32. The van der Waals surface area contributed by atoms with Gasteiger partial charge < -0.3 is 10.2 Å². The van der Waals surface area contributed by atoms with Crippen LogP contribution in [0.5, 0.6) is 0 Å². The summed E-state index contributed by atoms with van der Waals surface area (Å²) in [6, 6.07) is 0. The number of nitrogens with zero attached hydrogens (tertiary/aromatic N) is 1. The van der Waals surface area contributed by atoms with Crippen molar-refractivity contribution in [3.8, 4) is 0 Å². The van der Waals surface area contributed by atoms with Crippen molar-refractivity contribution >= 4 is 17.7 Å². The first-order chi connectivity index (χ1) is 7.84. The number of carbonyl (C=O) groups is 1. The van der Waals surface area contributed by atoms with E-state index in [1.807, 2.05) is 16.7 Å². The molecule has 1 fully saturated rings. The summed E-state index contributed by atoms with van der Waals surface area (Å²) < 4.78 is 0. The molecule has 0 aliphatic carbocycles. The van der Waals surface area contributed by atoms with E-state index in [1.54, 1.807) is 0 Å². The zero-order chi connectivity index (χ0) is 11.6. The second kappa shape index (κ2) is 8.88. The van der Waals surface area contributed by atoms with Gasteiger partial charge in [-0.1, -0.05) is 6.42 Å². The lowest BCUT2D eigenvalue weighted by Gasteiger charge is -2.15. The van der Waals surface area contributed by atoms with Gasteiger partial charge in [0.25, 0.3) is 0 Å². The summed E-state index contributed by atoms with van der Waals surface area (Å²) in [7, 11) is 0. The minimum Gasteiger partial charge on any atom is -0.342 e. The van der Waals surface area contributed by atoms with E-state index in [4.69, 9.17) is 0 Å². The molecule has 4 heteroatoms. The Morgan fingerprint density at radius 1 is 1.25 bits per heavy atom. The summed E-state index contributed by atoms with van der Waals surface area (Å²) in [6.07, 6.45) is 8.26. The minimum atomic E-state index is 0.279. The summed E-state index contributed by atoms with van der Waals surface area (Å²) in [5.41, 5.74) is 0. The van der Waals surface area contributed by atoms with Crippen molar-refractivity contribution in [2.45, 2.75) is 32.1 Å². The Balaban J connectivity index is 1.88. The summed E-state index contributed by atoms with van der Waals surface area (Å²) in [4.78, 5) is 13.6. The highest BCUT2D eigenvalue weighted by Gasteiger charge is 2.16. The molecule has 1 aliphatic heterocycles. The zero-order valence-electron chi connectivity index (χ0n) is 10.3. The predicted molar refractivity (Wildman–Crippen MR) is 70.9 cm³/mol. The highest BCUT2D eigenvalue weighted by molar-refractivity contribution is 7.98. The number of thioether (sulfide) groups is 1. The highest BCUT2D eigenvalue weighted by Crippen LogP contribution is 2.06. The number of hydrogen-bond acceptors (Lipinski definition) is 3. The van der Waals surface area contributed by atoms with Crippen LogP contribution in [0.25, 0.3) is 0 Å². The van der Waals surface area contributed by atoms with E-state index >= 15 is 0 Å². The SMILES string of the molecule is CSCCCCCNCC(=O)N1CCCC1. The fourth-order valence-electron chi connectivity index (χ4n) is 1.95. The van der Waals surface area contributed by atoms with Crippen molar-refractivity contribution in [3.63, 3.8) is 0 Å². The van der Waals surface area contributed by atoms with E-state index in [1.165, 1.54) is 37.9 Å². The Hall–Kier alpha value is -0.220. The van der Waals surface area contributed by atoms with Gasteiger partial charge in [-0.05, 0) is 44.2 Å². The molecule has 1 amide bonds. The van der Waals surface area contributed by atoms with Crippen LogP contribution in [0.15, 0.2) is 0 Å². The molecule has 0 aromatic rings. The third-order valence-electron chi connectivity index (χ3n) is 2.94. The number of nitrogens with one attached hydrogen (secondary N) is 1. The number of amides is 1. The van der Waals surface area contributed by atoms with Crippen molar-refractivity contribution in [2.75, 3.05) is 38.2 Å². The second-order valence-electron chi connectivity index (χ2n) is 4.32. The van der Waals surface area contributed by atoms with Crippen molar-refractivity contribution in [2.24, 2.45) is 0 Å². The van der Waals surface area contributed by atoms with Crippen molar-refractivity contribution in [3.05, 3.63) is 0 Å². The van der Waals surface area contributed by atoms with Crippen LogP contribution < -0.4 is 5.32 Å². The van der Waals surface area contributed by atoms with Gasteiger partial charge >= 0.3 is 0 Å².